The fraction of sp³-hybridized carbons (Fsp3) is 0.133. The molecule has 0 radical (unpaired) electrons. The van der Waals surface area contributed by atoms with Crippen LogP contribution in [-0.4, -0.2) is 7.11 Å². The summed E-state index contributed by atoms with van der Waals surface area (Å²) >= 11 is 0. The topological polar surface area (TPSA) is 71.1 Å². The van der Waals surface area contributed by atoms with Gasteiger partial charge < -0.3 is 15.8 Å². The molecule has 0 aromatic heterocycles. The molecule has 0 aliphatic heterocycles. The highest BCUT2D eigenvalue weighted by molar-refractivity contribution is 5.61. The first kappa shape index (κ1) is 12.8. The van der Waals surface area contributed by atoms with E-state index < -0.39 is 0 Å². The summed E-state index contributed by atoms with van der Waals surface area (Å²) in [5, 5.41) is 12.2. The van der Waals surface area contributed by atoms with Crippen LogP contribution in [0.25, 0.3) is 0 Å². The standard InChI is InChI=1S/C15H15N3O/c1-19-14-5-2-11(3-6-14)10-18-13-4-7-15(17)12(8-13)9-16/h2-8,18H,10,17H2,1H3. The molecule has 0 amide bonds. The number of anilines is 2. The van der Waals surface area contributed by atoms with Gasteiger partial charge in [-0.25, -0.2) is 0 Å². The van der Waals surface area contributed by atoms with Gasteiger partial charge in [0, 0.05) is 17.9 Å². The zero-order chi connectivity index (χ0) is 13.7. The van der Waals surface area contributed by atoms with E-state index in [1.807, 2.05) is 30.3 Å². The quantitative estimate of drug-likeness (QED) is 0.822. The highest BCUT2D eigenvalue weighted by Gasteiger charge is 2.00. The summed E-state index contributed by atoms with van der Waals surface area (Å²) in [6.45, 7) is 0.679. The Kier molecular flexibility index (Phi) is 3.89. The Morgan fingerprint density at radius 2 is 1.95 bits per heavy atom. The molecule has 2 aromatic carbocycles. The van der Waals surface area contributed by atoms with Crippen molar-refractivity contribution in [3.8, 4) is 11.8 Å². The van der Waals surface area contributed by atoms with Crippen molar-refractivity contribution >= 4 is 11.4 Å². The third-order valence-electron chi connectivity index (χ3n) is 2.83. The molecule has 0 heterocycles. The van der Waals surface area contributed by atoms with Crippen molar-refractivity contribution in [2.24, 2.45) is 0 Å². The number of hydrogen-bond donors (Lipinski definition) is 2. The molecule has 0 spiro atoms. The van der Waals surface area contributed by atoms with Crippen LogP contribution in [0.1, 0.15) is 11.1 Å². The van der Waals surface area contributed by atoms with Gasteiger partial charge in [-0.2, -0.15) is 5.26 Å². The average Bonchev–Trinajstić information content (AvgIpc) is 2.47. The molecule has 0 saturated heterocycles. The van der Waals surface area contributed by atoms with Crippen molar-refractivity contribution in [3.63, 3.8) is 0 Å². The number of nitrogens with two attached hydrogens (primary N) is 1. The maximum absolute atomic E-state index is 8.91. The van der Waals surface area contributed by atoms with E-state index in [-0.39, 0.29) is 0 Å². The van der Waals surface area contributed by atoms with Gasteiger partial charge in [0.1, 0.15) is 11.8 Å². The highest BCUT2D eigenvalue weighted by Crippen LogP contribution is 2.18. The number of nitrogen functional groups attached to an aromatic ring is 1. The molecule has 2 aromatic rings. The minimum Gasteiger partial charge on any atom is -0.497 e. The number of ether oxygens (including phenoxy) is 1. The van der Waals surface area contributed by atoms with Gasteiger partial charge in [-0.15, -0.1) is 0 Å². The van der Waals surface area contributed by atoms with Gasteiger partial charge in [0.15, 0.2) is 0 Å². The number of methoxy groups -OCH3 is 1. The predicted molar refractivity (Wildman–Crippen MR) is 75.9 cm³/mol. The second-order valence-electron chi connectivity index (χ2n) is 4.12. The van der Waals surface area contributed by atoms with E-state index in [2.05, 4.69) is 11.4 Å². The Hall–Kier alpha value is -2.67. The lowest BCUT2D eigenvalue weighted by Crippen LogP contribution is -2.00. The number of rotatable bonds is 4. The van der Waals surface area contributed by atoms with E-state index in [1.54, 1.807) is 19.2 Å². The van der Waals surface area contributed by atoms with Crippen LogP contribution in [0.15, 0.2) is 42.5 Å². The Labute approximate surface area is 112 Å². The Morgan fingerprint density at radius 1 is 1.21 bits per heavy atom. The average molecular weight is 253 g/mol. The van der Waals surface area contributed by atoms with E-state index in [4.69, 9.17) is 15.7 Å². The van der Waals surface area contributed by atoms with Crippen LogP contribution < -0.4 is 15.8 Å². The van der Waals surface area contributed by atoms with Crippen LogP contribution in [0, 0.1) is 11.3 Å². The van der Waals surface area contributed by atoms with E-state index in [0.717, 1.165) is 17.0 Å². The van der Waals surface area contributed by atoms with Crippen molar-refractivity contribution in [1.29, 1.82) is 5.26 Å². The molecular weight excluding hydrogens is 238 g/mol. The van der Waals surface area contributed by atoms with Gasteiger partial charge in [-0.05, 0) is 35.9 Å². The number of nitrogens with one attached hydrogen (secondary N) is 1. The molecule has 0 aliphatic carbocycles. The fourth-order valence-corrected chi connectivity index (χ4v) is 1.71. The molecule has 19 heavy (non-hydrogen) atoms. The van der Waals surface area contributed by atoms with Gasteiger partial charge in [0.05, 0.1) is 12.7 Å². The number of benzene rings is 2. The molecule has 0 aliphatic rings. The first-order valence-electron chi connectivity index (χ1n) is 5.89. The molecule has 96 valence electrons. The molecule has 2 rings (SSSR count). The van der Waals surface area contributed by atoms with E-state index >= 15 is 0 Å². The third-order valence-corrected chi connectivity index (χ3v) is 2.83. The van der Waals surface area contributed by atoms with Crippen molar-refractivity contribution < 1.29 is 4.74 Å². The first-order valence-corrected chi connectivity index (χ1v) is 5.89. The fourth-order valence-electron chi connectivity index (χ4n) is 1.71. The summed E-state index contributed by atoms with van der Waals surface area (Å²) in [6.07, 6.45) is 0. The van der Waals surface area contributed by atoms with Crippen LogP contribution in [0.5, 0.6) is 5.75 Å². The van der Waals surface area contributed by atoms with E-state index in [9.17, 15) is 0 Å². The first-order chi connectivity index (χ1) is 9.22. The van der Waals surface area contributed by atoms with Gasteiger partial charge in [-0.1, -0.05) is 12.1 Å². The Balaban J connectivity index is 2.04. The minimum absolute atomic E-state index is 0.486. The second kappa shape index (κ2) is 5.78. The number of nitrogens with zero attached hydrogens (tertiary/aromatic N) is 1. The normalized spacial score (nSPS) is 9.68. The molecule has 0 bridgehead atoms. The summed E-state index contributed by atoms with van der Waals surface area (Å²) in [7, 11) is 1.64. The van der Waals surface area contributed by atoms with Crippen LogP contribution >= 0.6 is 0 Å². The molecule has 0 fully saturated rings. The summed E-state index contributed by atoms with van der Waals surface area (Å²) in [5.74, 6) is 0.836. The van der Waals surface area contributed by atoms with Crippen LogP contribution in [0.2, 0.25) is 0 Å². The van der Waals surface area contributed by atoms with Crippen molar-refractivity contribution in [2.75, 3.05) is 18.2 Å². The molecular formula is C15H15N3O. The SMILES string of the molecule is COc1ccc(CNc2ccc(N)c(C#N)c2)cc1. The molecule has 0 saturated carbocycles. The zero-order valence-corrected chi connectivity index (χ0v) is 10.7. The van der Waals surface area contributed by atoms with Gasteiger partial charge in [0.25, 0.3) is 0 Å². The Morgan fingerprint density at radius 3 is 2.58 bits per heavy atom. The molecule has 4 heteroatoms. The number of nitriles is 1. The number of hydrogen-bond acceptors (Lipinski definition) is 4. The lowest BCUT2D eigenvalue weighted by Gasteiger charge is -2.08. The molecule has 4 nitrogen and oxygen atoms in total. The van der Waals surface area contributed by atoms with Crippen molar-refractivity contribution in [2.45, 2.75) is 6.54 Å². The van der Waals surface area contributed by atoms with Crippen molar-refractivity contribution in [1.82, 2.24) is 0 Å². The molecule has 0 atom stereocenters. The lowest BCUT2D eigenvalue weighted by molar-refractivity contribution is 0.414. The minimum atomic E-state index is 0.486. The predicted octanol–water partition coefficient (Wildman–Crippen LogP) is 2.76. The van der Waals surface area contributed by atoms with Crippen LogP contribution in [0.3, 0.4) is 0 Å². The molecule has 0 unspecified atom stereocenters. The Bertz CT molecular complexity index is 600. The van der Waals surface area contributed by atoms with Gasteiger partial charge >= 0.3 is 0 Å². The maximum atomic E-state index is 8.91. The summed E-state index contributed by atoms with van der Waals surface area (Å²) < 4.78 is 5.11. The summed E-state index contributed by atoms with van der Waals surface area (Å²) in [5.41, 5.74) is 8.67. The third kappa shape index (κ3) is 3.17. The molecule has 3 N–H and O–H groups in total. The largest absolute Gasteiger partial charge is 0.497 e. The van der Waals surface area contributed by atoms with Crippen LogP contribution in [-0.2, 0) is 6.54 Å². The summed E-state index contributed by atoms with van der Waals surface area (Å²) in [6, 6.07) is 15.2. The zero-order valence-electron chi connectivity index (χ0n) is 10.7. The maximum Gasteiger partial charge on any atom is 0.118 e. The van der Waals surface area contributed by atoms with E-state index in [0.29, 0.717) is 17.8 Å². The van der Waals surface area contributed by atoms with E-state index in [1.165, 1.54) is 0 Å². The van der Waals surface area contributed by atoms with Crippen LogP contribution in [0.4, 0.5) is 11.4 Å². The monoisotopic (exact) mass is 253 g/mol. The smallest absolute Gasteiger partial charge is 0.118 e. The lowest BCUT2D eigenvalue weighted by atomic mass is 10.1. The summed E-state index contributed by atoms with van der Waals surface area (Å²) in [4.78, 5) is 0. The van der Waals surface area contributed by atoms with Gasteiger partial charge in [0.2, 0.25) is 0 Å². The van der Waals surface area contributed by atoms with Crippen molar-refractivity contribution in [3.05, 3.63) is 53.6 Å². The second-order valence-corrected chi connectivity index (χ2v) is 4.12. The highest BCUT2D eigenvalue weighted by atomic mass is 16.5. The van der Waals surface area contributed by atoms with Gasteiger partial charge in [-0.3, -0.25) is 0 Å².